The van der Waals surface area contributed by atoms with E-state index in [2.05, 4.69) is 31.5 Å². The molecule has 3 aliphatic rings. The van der Waals surface area contributed by atoms with E-state index in [-0.39, 0.29) is 0 Å². The van der Waals surface area contributed by atoms with Gasteiger partial charge in [-0.3, -0.25) is 0 Å². The standard InChI is InChI=1S/C20H26N8S/c1-4-5-15-21-11(2)8-16-23-18(25-28(15)16)24-17-13-6-7-20(13)10-27(9-14(17)20)19-22-12(3)26-29-19/h8,13-14,17H,4-7,9-10H2,1-3H3,(H,24,25). The summed E-state index contributed by atoms with van der Waals surface area (Å²) in [6.45, 7) is 8.34. The van der Waals surface area contributed by atoms with Crippen molar-refractivity contribution < 1.29 is 0 Å². The van der Waals surface area contributed by atoms with Crippen molar-refractivity contribution in [1.82, 2.24) is 28.9 Å². The molecule has 6 rings (SSSR count). The van der Waals surface area contributed by atoms with Gasteiger partial charge in [-0.05, 0) is 44.4 Å². The molecule has 8 nitrogen and oxygen atoms in total. The molecule has 9 heteroatoms. The summed E-state index contributed by atoms with van der Waals surface area (Å²) in [4.78, 5) is 16.5. The first-order chi connectivity index (χ1) is 14.1. The van der Waals surface area contributed by atoms with E-state index in [1.807, 2.05) is 24.4 Å². The Bertz CT molecular complexity index is 1090. The van der Waals surface area contributed by atoms with E-state index in [0.29, 0.717) is 23.3 Å². The van der Waals surface area contributed by atoms with Crippen molar-refractivity contribution in [1.29, 1.82) is 0 Å². The van der Waals surface area contributed by atoms with Gasteiger partial charge in [0.05, 0.1) is 0 Å². The van der Waals surface area contributed by atoms with Crippen molar-refractivity contribution in [2.45, 2.75) is 52.5 Å². The number of nitrogens with one attached hydrogen (secondary N) is 1. The van der Waals surface area contributed by atoms with Gasteiger partial charge in [0.25, 0.3) is 0 Å². The molecular weight excluding hydrogens is 384 g/mol. The first-order valence-corrected chi connectivity index (χ1v) is 11.4. The van der Waals surface area contributed by atoms with Gasteiger partial charge in [-0.25, -0.2) is 9.97 Å². The fourth-order valence-electron chi connectivity index (χ4n) is 5.90. The van der Waals surface area contributed by atoms with Gasteiger partial charge in [-0.2, -0.15) is 13.9 Å². The summed E-state index contributed by atoms with van der Waals surface area (Å²) >= 11 is 1.53. The molecule has 4 heterocycles. The van der Waals surface area contributed by atoms with Crippen molar-refractivity contribution >= 4 is 28.3 Å². The Morgan fingerprint density at radius 2 is 2.14 bits per heavy atom. The van der Waals surface area contributed by atoms with E-state index in [4.69, 9.17) is 10.1 Å². The Hall–Kier alpha value is -2.29. The summed E-state index contributed by atoms with van der Waals surface area (Å²) in [7, 11) is 0. The number of fused-ring (bicyclic) bond motifs is 1. The van der Waals surface area contributed by atoms with Crippen LogP contribution in [0.3, 0.4) is 0 Å². The second-order valence-corrected chi connectivity index (χ2v) is 9.66. The van der Waals surface area contributed by atoms with Crippen molar-refractivity contribution in [2.75, 3.05) is 23.3 Å². The van der Waals surface area contributed by atoms with E-state index >= 15 is 0 Å². The highest BCUT2D eigenvalue weighted by Crippen LogP contribution is 2.68. The van der Waals surface area contributed by atoms with Crippen LogP contribution in [-0.4, -0.2) is 48.1 Å². The van der Waals surface area contributed by atoms with Crippen molar-refractivity contribution in [3.05, 3.63) is 23.4 Å². The highest BCUT2D eigenvalue weighted by Gasteiger charge is 2.70. The van der Waals surface area contributed by atoms with E-state index in [0.717, 1.165) is 60.0 Å². The minimum absolute atomic E-state index is 0.448. The maximum atomic E-state index is 4.78. The van der Waals surface area contributed by atoms with E-state index < -0.39 is 0 Å². The molecule has 0 amide bonds. The Labute approximate surface area is 173 Å². The zero-order valence-electron chi connectivity index (χ0n) is 17.1. The molecular formula is C20H26N8S. The number of nitrogens with zero attached hydrogens (tertiary/aromatic N) is 7. The Balaban J connectivity index is 1.25. The quantitative estimate of drug-likeness (QED) is 0.692. The average molecular weight is 411 g/mol. The van der Waals surface area contributed by atoms with Gasteiger partial charge in [-0.1, -0.05) is 6.92 Å². The van der Waals surface area contributed by atoms with Crippen molar-refractivity contribution in [3.8, 4) is 0 Å². The normalized spacial score (nSPS) is 30.0. The molecule has 3 aromatic rings. The zero-order chi connectivity index (χ0) is 19.8. The van der Waals surface area contributed by atoms with Gasteiger partial charge in [0, 0.05) is 54.8 Å². The van der Waals surface area contributed by atoms with E-state index in [1.54, 1.807) is 0 Å². The summed E-state index contributed by atoms with van der Waals surface area (Å²) in [5.74, 6) is 3.96. The second kappa shape index (κ2) is 6.10. The number of aromatic nitrogens is 6. The van der Waals surface area contributed by atoms with Gasteiger partial charge in [0.2, 0.25) is 11.1 Å². The fraction of sp³-hybridized carbons (Fsp3) is 0.650. The van der Waals surface area contributed by atoms with Crippen LogP contribution in [0.25, 0.3) is 5.65 Å². The lowest BCUT2D eigenvalue weighted by Gasteiger charge is -2.65. The van der Waals surface area contributed by atoms with E-state index in [9.17, 15) is 0 Å². The molecule has 0 radical (unpaired) electrons. The lowest BCUT2D eigenvalue weighted by molar-refractivity contribution is -0.117. The van der Waals surface area contributed by atoms with Gasteiger partial charge in [0.1, 0.15) is 11.6 Å². The molecule has 3 aromatic heterocycles. The zero-order valence-corrected chi connectivity index (χ0v) is 17.9. The SMILES string of the molecule is CCCc1nc(C)cc2nc(NC3C4CCC45CN(c4nc(C)ns4)CC35)nn12. The molecule has 0 bridgehead atoms. The van der Waals surface area contributed by atoms with E-state index in [1.165, 1.54) is 24.4 Å². The Kier molecular flexibility index (Phi) is 3.70. The maximum absolute atomic E-state index is 4.78. The molecule has 29 heavy (non-hydrogen) atoms. The van der Waals surface area contributed by atoms with Crippen LogP contribution in [0.1, 0.15) is 43.5 Å². The maximum Gasteiger partial charge on any atom is 0.243 e. The van der Waals surface area contributed by atoms with Crippen LogP contribution < -0.4 is 10.2 Å². The van der Waals surface area contributed by atoms with Crippen LogP contribution in [0.15, 0.2) is 6.07 Å². The Morgan fingerprint density at radius 3 is 2.86 bits per heavy atom. The second-order valence-electron chi connectivity index (χ2n) is 8.93. The molecule has 2 aliphatic carbocycles. The lowest BCUT2D eigenvalue weighted by atomic mass is 9.41. The average Bonchev–Trinajstić information content (AvgIpc) is 3.36. The van der Waals surface area contributed by atoms with Crippen molar-refractivity contribution in [2.24, 2.45) is 17.3 Å². The third-order valence-corrected chi connectivity index (χ3v) is 8.11. The predicted octanol–water partition coefficient (Wildman–Crippen LogP) is 2.87. The molecule has 4 atom stereocenters. The largest absolute Gasteiger partial charge is 0.350 e. The smallest absolute Gasteiger partial charge is 0.243 e. The molecule has 2 saturated carbocycles. The summed E-state index contributed by atoms with van der Waals surface area (Å²) in [5.41, 5.74) is 2.35. The third-order valence-electron chi connectivity index (χ3n) is 7.24. The van der Waals surface area contributed by atoms with Crippen LogP contribution in [-0.2, 0) is 6.42 Å². The topological polar surface area (TPSA) is 84.1 Å². The van der Waals surface area contributed by atoms with Crippen molar-refractivity contribution in [3.63, 3.8) is 0 Å². The highest BCUT2D eigenvalue weighted by atomic mass is 32.1. The summed E-state index contributed by atoms with van der Waals surface area (Å²) in [6, 6.07) is 2.46. The number of rotatable bonds is 5. The summed E-state index contributed by atoms with van der Waals surface area (Å²) < 4.78 is 6.29. The molecule has 4 unspecified atom stereocenters. The first-order valence-electron chi connectivity index (χ1n) is 10.6. The molecule has 1 spiro atoms. The summed E-state index contributed by atoms with van der Waals surface area (Å²) in [6.07, 6.45) is 4.59. The minimum atomic E-state index is 0.448. The molecule has 152 valence electrons. The monoisotopic (exact) mass is 410 g/mol. The Morgan fingerprint density at radius 1 is 1.24 bits per heavy atom. The molecule has 1 aliphatic heterocycles. The molecule has 0 aromatic carbocycles. The first kappa shape index (κ1) is 17.6. The van der Waals surface area contributed by atoms with Gasteiger partial charge >= 0.3 is 0 Å². The lowest BCUT2D eigenvalue weighted by Crippen LogP contribution is -2.68. The number of hydrogen-bond acceptors (Lipinski definition) is 8. The summed E-state index contributed by atoms with van der Waals surface area (Å²) in [5, 5.41) is 9.55. The van der Waals surface area contributed by atoms with Gasteiger partial charge in [-0.15, -0.1) is 5.10 Å². The van der Waals surface area contributed by atoms with Crippen LogP contribution in [0.5, 0.6) is 0 Å². The minimum Gasteiger partial charge on any atom is -0.350 e. The molecule has 1 N–H and O–H groups in total. The van der Waals surface area contributed by atoms with Gasteiger partial charge < -0.3 is 10.2 Å². The van der Waals surface area contributed by atoms with Gasteiger partial charge in [0.15, 0.2) is 5.65 Å². The number of hydrogen-bond donors (Lipinski definition) is 1. The van der Waals surface area contributed by atoms with Crippen LogP contribution >= 0.6 is 11.5 Å². The molecule has 1 saturated heterocycles. The molecule has 3 fully saturated rings. The number of aryl methyl sites for hydroxylation is 3. The van der Waals surface area contributed by atoms with Crippen LogP contribution in [0.2, 0.25) is 0 Å². The number of anilines is 2. The van der Waals surface area contributed by atoms with Crippen LogP contribution in [0.4, 0.5) is 11.1 Å². The van der Waals surface area contributed by atoms with Crippen LogP contribution in [0, 0.1) is 31.1 Å². The highest BCUT2D eigenvalue weighted by molar-refractivity contribution is 7.09. The predicted molar refractivity (Wildman–Crippen MR) is 112 cm³/mol. The third kappa shape index (κ3) is 2.46. The fourth-order valence-corrected chi connectivity index (χ4v) is 6.58.